The lowest BCUT2D eigenvalue weighted by Gasteiger charge is -1.98. The minimum absolute atomic E-state index is 0.168. The molecule has 0 aromatic heterocycles. The molecule has 0 aliphatic heterocycles. The molecule has 0 radical (unpaired) electrons. The molecule has 0 rings (SSSR count). The predicted octanol–water partition coefficient (Wildman–Crippen LogP) is -2.15. The molecule has 5 heteroatoms. The molecule has 0 aliphatic carbocycles. The van der Waals surface area contributed by atoms with E-state index in [1.807, 2.05) is 0 Å². The first-order chi connectivity index (χ1) is 4.18. The van der Waals surface area contributed by atoms with Crippen LogP contribution in [0.25, 0.3) is 0 Å². The van der Waals surface area contributed by atoms with Crippen LogP contribution in [0.3, 0.4) is 0 Å². The van der Waals surface area contributed by atoms with Gasteiger partial charge in [-0.05, 0) is 0 Å². The van der Waals surface area contributed by atoms with Gasteiger partial charge < -0.3 is 15.6 Å². The van der Waals surface area contributed by atoms with Crippen molar-refractivity contribution in [1.29, 1.82) is 0 Å². The van der Waals surface area contributed by atoms with E-state index in [1.165, 1.54) is 0 Å². The minimum Gasteiger partial charge on any atom is -0.477 e. The molecule has 1 atom stereocenters. The van der Waals surface area contributed by atoms with E-state index in [0.717, 1.165) is 0 Å². The number of hydrogen-bond acceptors (Lipinski definition) is 3. The number of rotatable bonds is 4. The normalized spacial score (nSPS) is 12.1. The quantitative estimate of drug-likeness (QED) is 0.429. The van der Waals surface area contributed by atoms with Crippen LogP contribution >= 0.6 is 0 Å². The number of aliphatic carboxylic acids is 1. The summed E-state index contributed by atoms with van der Waals surface area (Å²) in [5.74, 6) is -1.07. The van der Waals surface area contributed by atoms with Crippen LogP contribution in [-0.2, 0) is 14.3 Å². The third-order valence-electron chi connectivity index (χ3n) is 0.715. The monoisotopic (exact) mass is 134 g/mol. The van der Waals surface area contributed by atoms with Gasteiger partial charge in [-0.25, -0.2) is 4.79 Å². The third kappa shape index (κ3) is 3.48. The Morgan fingerprint density at radius 3 is 2.78 bits per heavy atom. The molecule has 5 nitrogen and oxygen atoms in total. The van der Waals surface area contributed by atoms with Crippen molar-refractivity contribution < 1.29 is 25.2 Å². The maximum Gasteiger partial charge on any atom is 0.366 e. The molecule has 0 spiro atoms. The Balaban J connectivity index is 3.37. The number of ether oxygens (including phenoxy) is 1. The number of carboxylic acids is 1. The Morgan fingerprint density at radius 2 is 2.44 bits per heavy atom. The minimum atomic E-state index is -1.07. The van der Waals surface area contributed by atoms with Crippen molar-refractivity contribution in [3.63, 3.8) is 0 Å². The van der Waals surface area contributed by atoms with Gasteiger partial charge in [-0.1, -0.05) is 0 Å². The molecule has 0 aromatic rings. The predicted molar refractivity (Wildman–Crippen MR) is 26.3 cm³/mol. The molecule has 0 saturated carbocycles. The van der Waals surface area contributed by atoms with Crippen LogP contribution in [0, 0.1) is 0 Å². The van der Waals surface area contributed by atoms with Gasteiger partial charge in [0, 0.05) is 0 Å². The Morgan fingerprint density at radius 1 is 1.89 bits per heavy atom. The summed E-state index contributed by atoms with van der Waals surface area (Å²) in [4.78, 5) is 19.4. The number of carbonyl (C=O) groups is 2. The van der Waals surface area contributed by atoms with Crippen LogP contribution in [0.4, 0.5) is 0 Å². The summed E-state index contributed by atoms with van der Waals surface area (Å²) in [5, 5.41) is 8.15. The first-order valence-electron chi connectivity index (χ1n) is 2.29. The standard InChI is InChI=1S/C4H7NO4/c5-3(4(7)8)1-9-2-6/h2-3H,1,5H2,(H,7,8)/p+1. The first-order valence-corrected chi connectivity index (χ1v) is 2.29. The van der Waals surface area contributed by atoms with Gasteiger partial charge in [-0.3, -0.25) is 4.79 Å². The van der Waals surface area contributed by atoms with Crippen molar-refractivity contribution >= 4 is 12.4 Å². The lowest BCUT2D eigenvalue weighted by atomic mass is 10.3. The van der Waals surface area contributed by atoms with E-state index in [2.05, 4.69) is 10.5 Å². The lowest BCUT2D eigenvalue weighted by molar-refractivity contribution is -0.412. The number of quaternary nitrogens is 1. The van der Waals surface area contributed by atoms with Crippen LogP contribution in [0.2, 0.25) is 0 Å². The van der Waals surface area contributed by atoms with E-state index >= 15 is 0 Å². The van der Waals surface area contributed by atoms with Crippen molar-refractivity contribution in [1.82, 2.24) is 0 Å². The molecule has 52 valence electrons. The maximum absolute atomic E-state index is 9.95. The van der Waals surface area contributed by atoms with E-state index in [4.69, 9.17) is 5.11 Å². The van der Waals surface area contributed by atoms with Crippen molar-refractivity contribution in [2.75, 3.05) is 6.61 Å². The van der Waals surface area contributed by atoms with Crippen LogP contribution in [0.5, 0.6) is 0 Å². The molecule has 9 heavy (non-hydrogen) atoms. The van der Waals surface area contributed by atoms with Gasteiger partial charge in [0.1, 0.15) is 0 Å². The summed E-state index contributed by atoms with van der Waals surface area (Å²) in [7, 11) is 0. The topological polar surface area (TPSA) is 91.2 Å². The molecule has 0 aromatic carbocycles. The van der Waals surface area contributed by atoms with Gasteiger partial charge in [-0.15, -0.1) is 0 Å². The number of carboxylic acid groups (broad SMARTS) is 1. The smallest absolute Gasteiger partial charge is 0.366 e. The summed E-state index contributed by atoms with van der Waals surface area (Å²) in [6, 6.07) is -0.866. The summed E-state index contributed by atoms with van der Waals surface area (Å²) in [6.07, 6.45) is 0. The van der Waals surface area contributed by atoms with Gasteiger partial charge in [0.05, 0.1) is 0 Å². The Kier molecular flexibility index (Phi) is 3.38. The van der Waals surface area contributed by atoms with Crippen molar-refractivity contribution in [2.24, 2.45) is 0 Å². The van der Waals surface area contributed by atoms with Crippen molar-refractivity contribution in [3.8, 4) is 0 Å². The number of carbonyl (C=O) groups excluding carboxylic acids is 1. The summed E-state index contributed by atoms with van der Waals surface area (Å²) in [5.41, 5.74) is 3.19. The molecular weight excluding hydrogens is 126 g/mol. The Hall–Kier alpha value is -1.10. The molecular formula is C4H8NO4+. The average Bonchev–Trinajstić information content (AvgIpc) is 1.82. The highest BCUT2D eigenvalue weighted by molar-refractivity contribution is 5.71. The summed E-state index contributed by atoms with van der Waals surface area (Å²) in [6.45, 7) is 0.0277. The van der Waals surface area contributed by atoms with Crippen LogP contribution in [0.1, 0.15) is 0 Å². The zero-order valence-electron chi connectivity index (χ0n) is 4.74. The van der Waals surface area contributed by atoms with Crippen LogP contribution in [-0.4, -0.2) is 30.2 Å². The second-order valence-electron chi connectivity index (χ2n) is 1.46. The van der Waals surface area contributed by atoms with Gasteiger partial charge >= 0.3 is 5.97 Å². The largest absolute Gasteiger partial charge is 0.477 e. The molecule has 1 unspecified atom stereocenters. The number of hydrogen-bond donors (Lipinski definition) is 2. The summed E-state index contributed by atoms with van der Waals surface area (Å²) >= 11 is 0. The molecule has 0 heterocycles. The van der Waals surface area contributed by atoms with Crippen LogP contribution < -0.4 is 5.73 Å². The van der Waals surface area contributed by atoms with E-state index in [9.17, 15) is 9.59 Å². The highest BCUT2D eigenvalue weighted by Gasteiger charge is 2.14. The van der Waals surface area contributed by atoms with Crippen molar-refractivity contribution in [2.45, 2.75) is 6.04 Å². The Bertz CT molecular complexity index is 113. The molecule has 0 bridgehead atoms. The third-order valence-corrected chi connectivity index (χ3v) is 0.715. The van der Waals surface area contributed by atoms with E-state index in [1.54, 1.807) is 0 Å². The van der Waals surface area contributed by atoms with Gasteiger partial charge in [0.2, 0.25) is 6.04 Å². The first kappa shape index (κ1) is 7.90. The zero-order chi connectivity index (χ0) is 7.28. The highest BCUT2D eigenvalue weighted by atomic mass is 16.5. The van der Waals surface area contributed by atoms with Gasteiger partial charge in [0.15, 0.2) is 6.61 Å². The average molecular weight is 134 g/mol. The highest BCUT2D eigenvalue weighted by Crippen LogP contribution is 1.74. The molecule has 0 amide bonds. The van der Waals surface area contributed by atoms with Gasteiger partial charge in [0.25, 0.3) is 6.47 Å². The van der Waals surface area contributed by atoms with Crippen LogP contribution in [0.15, 0.2) is 0 Å². The Labute approximate surface area is 51.4 Å². The van der Waals surface area contributed by atoms with Crippen molar-refractivity contribution in [3.05, 3.63) is 0 Å². The molecule has 0 aliphatic rings. The fraction of sp³-hybridized carbons (Fsp3) is 0.500. The maximum atomic E-state index is 9.95. The second-order valence-corrected chi connectivity index (χ2v) is 1.46. The zero-order valence-corrected chi connectivity index (χ0v) is 4.74. The SMILES string of the molecule is [NH3+]C(COC=O)C(=O)O. The fourth-order valence-corrected chi connectivity index (χ4v) is 0.227. The fourth-order valence-electron chi connectivity index (χ4n) is 0.227. The van der Waals surface area contributed by atoms with Gasteiger partial charge in [-0.2, -0.15) is 0 Å². The lowest BCUT2D eigenvalue weighted by Crippen LogP contribution is -2.67. The molecule has 4 N–H and O–H groups in total. The second kappa shape index (κ2) is 3.85. The molecule has 0 saturated heterocycles. The van der Waals surface area contributed by atoms with E-state index in [0.29, 0.717) is 0 Å². The summed E-state index contributed by atoms with van der Waals surface area (Å²) < 4.78 is 4.13. The molecule has 0 fully saturated rings. The van der Waals surface area contributed by atoms with E-state index < -0.39 is 12.0 Å². The van der Waals surface area contributed by atoms with E-state index in [-0.39, 0.29) is 13.1 Å².